The number of halogens is 2. The van der Waals surface area contributed by atoms with Crippen LogP contribution in [0.4, 0.5) is 0 Å². The lowest BCUT2D eigenvalue weighted by molar-refractivity contribution is 0.0959. The Balaban J connectivity index is 1.78. The number of carbonyl (C=O) groups is 1. The van der Waals surface area contributed by atoms with Crippen LogP contribution in [-0.2, 0) is 0 Å². The first kappa shape index (κ1) is 14.7. The van der Waals surface area contributed by atoms with Gasteiger partial charge in [-0.15, -0.1) is 22.7 Å². The summed E-state index contributed by atoms with van der Waals surface area (Å²) in [7, 11) is 0. The third-order valence-electron chi connectivity index (χ3n) is 2.69. The van der Waals surface area contributed by atoms with Gasteiger partial charge in [-0.25, -0.2) is 5.43 Å². The quantitative estimate of drug-likeness (QED) is 0.480. The smallest absolute Gasteiger partial charge is 0.266 e. The van der Waals surface area contributed by atoms with Crippen molar-refractivity contribution in [2.45, 2.75) is 0 Å². The van der Waals surface area contributed by atoms with Gasteiger partial charge >= 0.3 is 0 Å². The van der Waals surface area contributed by atoms with Crippen molar-refractivity contribution in [3.05, 3.63) is 55.0 Å². The van der Waals surface area contributed by atoms with Crippen LogP contribution in [0.2, 0.25) is 5.02 Å². The van der Waals surface area contributed by atoms with Crippen LogP contribution in [0.15, 0.2) is 45.3 Å². The predicted molar refractivity (Wildman–Crippen MR) is 93.9 cm³/mol. The molecular weight excluding hydrogens is 392 g/mol. The van der Waals surface area contributed by atoms with Gasteiger partial charge in [0.1, 0.15) is 4.88 Å². The summed E-state index contributed by atoms with van der Waals surface area (Å²) in [6, 6.07) is 9.58. The Morgan fingerprint density at radius 2 is 2.19 bits per heavy atom. The Bertz CT molecular complexity index is 840. The molecule has 3 rings (SSSR count). The summed E-state index contributed by atoms with van der Waals surface area (Å²) in [4.78, 5) is 13.5. The highest BCUT2D eigenvalue weighted by Gasteiger charge is 2.16. The molecule has 0 radical (unpaired) electrons. The average molecular weight is 400 g/mol. The van der Waals surface area contributed by atoms with E-state index in [0.717, 1.165) is 19.4 Å². The highest BCUT2D eigenvalue weighted by atomic mass is 79.9. The molecule has 0 atom stereocenters. The van der Waals surface area contributed by atoms with Crippen LogP contribution in [-0.4, -0.2) is 12.1 Å². The summed E-state index contributed by atoms with van der Waals surface area (Å²) < 4.78 is 1.98. The molecule has 0 bridgehead atoms. The SMILES string of the molecule is O=C(NN=Cc1cc(Br)cs1)c1sc2ccccc2c1Cl. The van der Waals surface area contributed by atoms with Gasteiger partial charge in [-0.1, -0.05) is 29.8 Å². The predicted octanol–water partition coefficient (Wildman–Crippen LogP) is 5.14. The minimum absolute atomic E-state index is 0.298. The van der Waals surface area contributed by atoms with Crippen LogP contribution in [0.1, 0.15) is 14.5 Å². The number of nitrogens with one attached hydrogen (secondary N) is 1. The first-order valence-corrected chi connectivity index (χ1v) is 8.76. The van der Waals surface area contributed by atoms with Gasteiger partial charge in [0.05, 0.1) is 11.2 Å². The highest BCUT2D eigenvalue weighted by Crippen LogP contribution is 2.34. The van der Waals surface area contributed by atoms with Gasteiger partial charge in [-0.3, -0.25) is 4.79 Å². The normalized spacial score (nSPS) is 11.3. The molecule has 21 heavy (non-hydrogen) atoms. The number of carbonyl (C=O) groups excluding carboxylic acids is 1. The van der Waals surface area contributed by atoms with Crippen molar-refractivity contribution < 1.29 is 4.79 Å². The Kier molecular flexibility index (Phi) is 4.40. The zero-order chi connectivity index (χ0) is 14.8. The molecule has 106 valence electrons. The van der Waals surface area contributed by atoms with E-state index in [-0.39, 0.29) is 5.91 Å². The fraction of sp³-hybridized carbons (Fsp3) is 0. The molecule has 3 nitrogen and oxygen atoms in total. The van der Waals surface area contributed by atoms with E-state index in [1.807, 2.05) is 35.7 Å². The van der Waals surface area contributed by atoms with Crippen LogP contribution in [0.25, 0.3) is 10.1 Å². The molecule has 0 aliphatic heterocycles. The standard InChI is InChI=1S/C14H8BrClN2OS2/c15-8-5-9(20-7-8)6-17-18-14(19)13-12(16)10-3-1-2-4-11(10)21-13/h1-7H,(H,18,19). The van der Waals surface area contributed by atoms with Gasteiger partial charge in [0.25, 0.3) is 5.91 Å². The first-order valence-electron chi connectivity index (χ1n) is 5.89. The summed E-state index contributed by atoms with van der Waals surface area (Å²) in [5, 5.41) is 7.27. The lowest BCUT2D eigenvalue weighted by Crippen LogP contribution is -2.16. The second-order valence-corrected chi connectivity index (χ2v) is 7.40. The van der Waals surface area contributed by atoms with Crippen LogP contribution in [0, 0.1) is 0 Å². The van der Waals surface area contributed by atoms with E-state index in [1.165, 1.54) is 22.7 Å². The maximum atomic E-state index is 12.1. The van der Waals surface area contributed by atoms with E-state index in [0.29, 0.717) is 9.90 Å². The largest absolute Gasteiger partial charge is 0.283 e. The molecule has 1 N–H and O–H groups in total. The number of rotatable bonds is 3. The molecular formula is C14H8BrClN2OS2. The highest BCUT2D eigenvalue weighted by molar-refractivity contribution is 9.10. The molecule has 1 aromatic carbocycles. The molecule has 1 amide bonds. The number of thiophene rings is 2. The van der Waals surface area contributed by atoms with Crippen molar-refractivity contribution in [3.8, 4) is 0 Å². The molecule has 0 spiro atoms. The van der Waals surface area contributed by atoms with Gasteiger partial charge in [0, 0.05) is 24.8 Å². The molecule has 0 aliphatic carbocycles. The van der Waals surface area contributed by atoms with Crippen LogP contribution < -0.4 is 5.43 Å². The number of hydrogen-bond donors (Lipinski definition) is 1. The van der Waals surface area contributed by atoms with Crippen molar-refractivity contribution in [1.29, 1.82) is 0 Å². The number of amides is 1. The molecule has 0 aliphatic rings. The summed E-state index contributed by atoms with van der Waals surface area (Å²) in [5.41, 5.74) is 2.51. The third-order valence-corrected chi connectivity index (χ3v) is 5.99. The van der Waals surface area contributed by atoms with Gasteiger partial charge < -0.3 is 0 Å². The Morgan fingerprint density at radius 1 is 1.38 bits per heavy atom. The van der Waals surface area contributed by atoms with E-state index in [9.17, 15) is 4.79 Å². The molecule has 0 unspecified atom stereocenters. The fourth-order valence-corrected chi connectivity index (χ4v) is 4.47. The van der Waals surface area contributed by atoms with E-state index in [2.05, 4.69) is 26.5 Å². The number of fused-ring (bicyclic) bond motifs is 1. The van der Waals surface area contributed by atoms with Crippen LogP contribution in [0.5, 0.6) is 0 Å². The van der Waals surface area contributed by atoms with Gasteiger partial charge in [0.15, 0.2) is 0 Å². The topological polar surface area (TPSA) is 41.5 Å². The van der Waals surface area contributed by atoms with Crippen molar-refractivity contribution in [3.63, 3.8) is 0 Å². The zero-order valence-electron chi connectivity index (χ0n) is 10.5. The van der Waals surface area contributed by atoms with E-state index < -0.39 is 0 Å². The van der Waals surface area contributed by atoms with E-state index >= 15 is 0 Å². The molecule has 2 heterocycles. The monoisotopic (exact) mass is 398 g/mol. The van der Waals surface area contributed by atoms with Gasteiger partial charge in [-0.05, 0) is 28.1 Å². The molecule has 2 aromatic heterocycles. The Morgan fingerprint density at radius 3 is 2.90 bits per heavy atom. The van der Waals surface area contributed by atoms with E-state index in [1.54, 1.807) is 6.21 Å². The summed E-state index contributed by atoms with van der Waals surface area (Å²) >= 11 is 12.5. The van der Waals surface area contributed by atoms with Gasteiger partial charge in [-0.2, -0.15) is 5.10 Å². The zero-order valence-corrected chi connectivity index (χ0v) is 14.4. The molecule has 3 aromatic rings. The molecule has 0 fully saturated rings. The minimum Gasteiger partial charge on any atom is -0.266 e. The van der Waals surface area contributed by atoms with Crippen LogP contribution in [0.3, 0.4) is 0 Å². The second kappa shape index (κ2) is 6.27. The maximum absolute atomic E-state index is 12.1. The summed E-state index contributed by atoms with van der Waals surface area (Å²) in [5.74, 6) is -0.298. The Hall–Kier alpha value is -1.21. The van der Waals surface area contributed by atoms with Crippen molar-refractivity contribution in [2.75, 3.05) is 0 Å². The number of hydrazone groups is 1. The van der Waals surface area contributed by atoms with Crippen molar-refractivity contribution in [1.82, 2.24) is 5.43 Å². The first-order chi connectivity index (χ1) is 10.1. The van der Waals surface area contributed by atoms with Crippen LogP contribution >= 0.6 is 50.2 Å². The second-order valence-electron chi connectivity index (χ2n) is 4.11. The van der Waals surface area contributed by atoms with Crippen molar-refractivity contribution >= 4 is 72.4 Å². The van der Waals surface area contributed by atoms with Gasteiger partial charge in [0.2, 0.25) is 0 Å². The lowest BCUT2D eigenvalue weighted by Gasteiger charge is -1.96. The molecule has 7 heteroatoms. The maximum Gasteiger partial charge on any atom is 0.283 e. The molecule has 0 saturated carbocycles. The lowest BCUT2D eigenvalue weighted by atomic mass is 10.2. The number of nitrogens with zero attached hydrogens (tertiary/aromatic N) is 1. The number of benzene rings is 1. The Labute approximate surface area is 142 Å². The fourth-order valence-electron chi connectivity index (χ4n) is 1.76. The average Bonchev–Trinajstić information content (AvgIpc) is 3.03. The number of hydrogen-bond acceptors (Lipinski definition) is 4. The third kappa shape index (κ3) is 3.18. The minimum atomic E-state index is -0.298. The van der Waals surface area contributed by atoms with E-state index in [4.69, 9.17) is 11.6 Å². The summed E-state index contributed by atoms with van der Waals surface area (Å²) in [6.45, 7) is 0. The molecule has 0 saturated heterocycles. The van der Waals surface area contributed by atoms with Crippen molar-refractivity contribution in [2.24, 2.45) is 5.10 Å². The summed E-state index contributed by atoms with van der Waals surface area (Å²) in [6.07, 6.45) is 1.61.